The zero-order valence-corrected chi connectivity index (χ0v) is 18.1. The second-order valence-electron chi connectivity index (χ2n) is 8.44. The van der Waals surface area contributed by atoms with Gasteiger partial charge in [0, 0.05) is 31.8 Å². The van der Waals surface area contributed by atoms with Crippen molar-refractivity contribution in [2.75, 3.05) is 18.4 Å². The molecular formula is C24H23N3O3S. The first kappa shape index (κ1) is 19.9. The van der Waals surface area contributed by atoms with Gasteiger partial charge in [0.25, 0.3) is 0 Å². The monoisotopic (exact) mass is 433 g/mol. The van der Waals surface area contributed by atoms with Crippen LogP contribution in [0.25, 0.3) is 11.6 Å². The van der Waals surface area contributed by atoms with E-state index in [4.69, 9.17) is 0 Å². The van der Waals surface area contributed by atoms with Gasteiger partial charge in [0.2, 0.25) is 11.8 Å². The number of Topliss-reactive ketones (excluding diaryl/α,β-unsaturated/α-hetero) is 1. The number of fused-ring (bicyclic) bond motifs is 2. The van der Waals surface area contributed by atoms with Crippen LogP contribution in [0, 0.1) is 11.8 Å². The average molecular weight is 434 g/mol. The summed E-state index contributed by atoms with van der Waals surface area (Å²) in [6.07, 6.45) is 9.40. The number of allylic oxidation sites excluding steroid dienone is 1. The minimum Gasteiger partial charge on any atom is -0.338 e. The first-order chi connectivity index (χ1) is 15.0. The number of thiophene rings is 1. The minimum absolute atomic E-state index is 0.00762. The van der Waals surface area contributed by atoms with Gasteiger partial charge in [0.15, 0.2) is 5.78 Å². The number of likely N-dealkylation sites (tertiary alicyclic amines) is 1. The molecule has 2 aromatic rings. The Bertz CT molecular complexity index is 1150. The summed E-state index contributed by atoms with van der Waals surface area (Å²) in [5.74, 6) is 1.50. The maximum Gasteiger partial charge on any atom is 0.246 e. The molecule has 1 saturated heterocycles. The second-order valence-corrected chi connectivity index (χ2v) is 9.36. The van der Waals surface area contributed by atoms with Gasteiger partial charge in [-0.2, -0.15) is 0 Å². The molecule has 2 aromatic heterocycles. The summed E-state index contributed by atoms with van der Waals surface area (Å²) in [6.45, 7) is 3.07. The Morgan fingerprint density at radius 3 is 2.97 bits per heavy atom. The van der Waals surface area contributed by atoms with Crippen molar-refractivity contribution in [2.24, 2.45) is 11.8 Å². The summed E-state index contributed by atoms with van der Waals surface area (Å²) in [5, 5.41) is 4.75. The molecule has 1 N–H and O–H groups in total. The van der Waals surface area contributed by atoms with Crippen LogP contribution in [-0.4, -0.2) is 40.6 Å². The van der Waals surface area contributed by atoms with Crippen LogP contribution >= 0.6 is 11.3 Å². The van der Waals surface area contributed by atoms with Crippen molar-refractivity contribution < 1.29 is 14.4 Å². The number of ketones is 1. The molecule has 2 aliphatic heterocycles. The highest BCUT2D eigenvalue weighted by Gasteiger charge is 2.38. The zero-order chi connectivity index (χ0) is 21.5. The van der Waals surface area contributed by atoms with E-state index in [1.54, 1.807) is 25.3 Å². The number of rotatable bonds is 4. The van der Waals surface area contributed by atoms with Gasteiger partial charge < -0.3 is 10.2 Å². The van der Waals surface area contributed by atoms with Gasteiger partial charge >= 0.3 is 0 Å². The van der Waals surface area contributed by atoms with Gasteiger partial charge in [-0.05, 0) is 77.5 Å². The van der Waals surface area contributed by atoms with E-state index in [1.807, 2.05) is 22.4 Å². The largest absolute Gasteiger partial charge is 0.338 e. The Hall–Kier alpha value is -3.06. The third-order valence-electron chi connectivity index (χ3n) is 6.32. The van der Waals surface area contributed by atoms with Crippen LogP contribution in [0.2, 0.25) is 0 Å². The van der Waals surface area contributed by atoms with E-state index in [1.165, 1.54) is 16.9 Å². The Labute approximate surface area is 184 Å². The number of pyridine rings is 1. The number of anilines is 1. The molecule has 1 aliphatic carbocycles. The topological polar surface area (TPSA) is 79.4 Å². The number of amides is 2. The lowest BCUT2D eigenvalue weighted by molar-refractivity contribution is -0.125. The van der Waals surface area contributed by atoms with E-state index >= 15 is 0 Å². The molecule has 6 nitrogen and oxygen atoms in total. The van der Waals surface area contributed by atoms with Gasteiger partial charge in [-0.25, -0.2) is 4.98 Å². The molecule has 2 atom stereocenters. The molecule has 0 saturated carbocycles. The highest BCUT2D eigenvalue weighted by molar-refractivity contribution is 7.12. The predicted molar refractivity (Wildman–Crippen MR) is 121 cm³/mol. The summed E-state index contributed by atoms with van der Waals surface area (Å²) < 4.78 is 0. The smallest absolute Gasteiger partial charge is 0.246 e. The van der Waals surface area contributed by atoms with Crippen molar-refractivity contribution in [2.45, 2.75) is 26.2 Å². The summed E-state index contributed by atoms with van der Waals surface area (Å²) in [6, 6.07) is 4.02. The van der Waals surface area contributed by atoms with Gasteiger partial charge in [-0.1, -0.05) is 6.08 Å². The molecular weight excluding hydrogens is 410 g/mol. The Balaban J connectivity index is 1.24. The molecule has 7 heteroatoms. The van der Waals surface area contributed by atoms with E-state index in [0.29, 0.717) is 37.0 Å². The van der Waals surface area contributed by atoms with Gasteiger partial charge in [-0.3, -0.25) is 14.4 Å². The number of aromatic nitrogens is 1. The number of nitrogens with zero attached hydrogens (tertiary/aromatic N) is 2. The Kier molecular flexibility index (Phi) is 5.06. The third-order valence-corrected chi connectivity index (χ3v) is 7.33. The Morgan fingerprint density at radius 2 is 2.16 bits per heavy atom. The van der Waals surface area contributed by atoms with Crippen molar-refractivity contribution in [3.63, 3.8) is 0 Å². The number of hydrogen-bond acceptors (Lipinski definition) is 5. The van der Waals surface area contributed by atoms with Crippen LogP contribution in [0.4, 0.5) is 5.82 Å². The second kappa shape index (κ2) is 7.89. The Morgan fingerprint density at radius 1 is 1.29 bits per heavy atom. The van der Waals surface area contributed by atoms with E-state index in [9.17, 15) is 14.4 Å². The van der Waals surface area contributed by atoms with Crippen LogP contribution in [-0.2, 0) is 16.0 Å². The number of hydrogen-bond donors (Lipinski definition) is 1. The number of nitrogens with one attached hydrogen (secondary N) is 1. The van der Waals surface area contributed by atoms with Crippen molar-refractivity contribution in [1.82, 2.24) is 9.88 Å². The van der Waals surface area contributed by atoms with Gasteiger partial charge in [-0.15, -0.1) is 11.3 Å². The summed E-state index contributed by atoms with van der Waals surface area (Å²) in [5.41, 5.74) is 4.18. The fraction of sp³-hybridized carbons (Fsp3) is 0.333. The summed E-state index contributed by atoms with van der Waals surface area (Å²) in [7, 11) is 0. The first-order valence-corrected chi connectivity index (χ1v) is 11.4. The van der Waals surface area contributed by atoms with Crippen molar-refractivity contribution in [1.29, 1.82) is 0 Å². The molecule has 0 spiro atoms. The van der Waals surface area contributed by atoms with Crippen LogP contribution in [0.3, 0.4) is 0 Å². The predicted octanol–water partition coefficient (Wildman–Crippen LogP) is 3.81. The molecule has 4 heterocycles. The summed E-state index contributed by atoms with van der Waals surface area (Å²) in [4.78, 5) is 43.1. The molecule has 0 aromatic carbocycles. The highest BCUT2D eigenvalue weighted by Crippen LogP contribution is 2.42. The van der Waals surface area contributed by atoms with Crippen LogP contribution in [0.5, 0.6) is 0 Å². The maximum absolute atomic E-state index is 12.7. The van der Waals surface area contributed by atoms with Crippen LogP contribution in [0.15, 0.2) is 35.9 Å². The van der Waals surface area contributed by atoms with Crippen LogP contribution < -0.4 is 5.32 Å². The van der Waals surface area contributed by atoms with Gasteiger partial charge in [0.1, 0.15) is 5.82 Å². The molecule has 5 rings (SSSR count). The molecule has 3 aliphatic rings. The lowest BCUT2D eigenvalue weighted by Gasteiger charge is -2.16. The maximum atomic E-state index is 12.7. The normalized spacial score (nSPS) is 22.3. The van der Waals surface area contributed by atoms with Crippen molar-refractivity contribution in [3.8, 4) is 0 Å². The number of carbonyl (C=O) groups excluding carboxylic acids is 3. The van der Waals surface area contributed by atoms with E-state index < -0.39 is 0 Å². The average Bonchev–Trinajstić information content (AvgIpc) is 3.46. The van der Waals surface area contributed by atoms with E-state index in [-0.39, 0.29) is 17.6 Å². The van der Waals surface area contributed by atoms with E-state index in [0.717, 1.165) is 34.5 Å². The third kappa shape index (κ3) is 3.85. The van der Waals surface area contributed by atoms with Gasteiger partial charge in [0.05, 0.1) is 4.88 Å². The highest BCUT2D eigenvalue weighted by atomic mass is 32.1. The van der Waals surface area contributed by atoms with E-state index in [2.05, 4.69) is 16.4 Å². The molecule has 0 bridgehead atoms. The van der Waals surface area contributed by atoms with Crippen molar-refractivity contribution >= 4 is 46.4 Å². The molecule has 2 amide bonds. The van der Waals surface area contributed by atoms with Crippen LogP contribution in [0.1, 0.15) is 46.1 Å². The molecule has 158 valence electrons. The van der Waals surface area contributed by atoms with Crippen molar-refractivity contribution in [3.05, 3.63) is 57.4 Å². The lowest BCUT2D eigenvalue weighted by atomic mass is 9.98. The quantitative estimate of drug-likeness (QED) is 0.588. The standard InChI is InChI=1S/C24H23N3O3S/c1-14(28)23-20(6-7-31-23)17-9-18-12-27(13-19(18)10-17)22(30)5-2-15-8-16-3-4-21(29)26-24(16)25-11-15/h2,5-9,11,18-19H,3-4,10,12-13H2,1H3,(H,25,26,29)/b5-2+. The zero-order valence-electron chi connectivity index (χ0n) is 17.3. The molecule has 0 radical (unpaired) electrons. The number of aryl methyl sites for hydroxylation is 1. The SMILES string of the molecule is CC(=O)c1sccc1C1=CC2CN(C(=O)/C=C/c3cnc4c(c3)CCC(=O)N4)CC2C1. The first-order valence-electron chi connectivity index (χ1n) is 10.5. The minimum atomic E-state index is -0.00762. The fourth-order valence-electron chi connectivity index (χ4n) is 4.76. The molecule has 1 fully saturated rings. The summed E-state index contributed by atoms with van der Waals surface area (Å²) >= 11 is 1.50. The lowest BCUT2D eigenvalue weighted by Crippen LogP contribution is -2.27. The number of carbonyl (C=O) groups is 3. The fourth-order valence-corrected chi connectivity index (χ4v) is 5.60. The molecule has 2 unspecified atom stereocenters. The molecule has 31 heavy (non-hydrogen) atoms.